The molecule has 3 atom stereocenters. The zero-order chi connectivity index (χ0) is 13.1. The van der Waals surface area contributed by atoms with Gasteiger partial charge in [0.05, 0.1) is 6.10 Å². The molecule has 1 aromatic rings. The van der Waals surface area contributed by atoms with Crippen molar-refractivity contribution in [2.75, 3.05) is 13.2 Å². The summed E-state index contributed by atoms with van der Waals surface area (Å²) in [6.07, 6.45) is 1.27. The van der Waals surface area contributed by atoms with Gasteiger partial charge in [-0.1, -0.05) is 19.1 Å². The first kappa shape index (κ1) is 13.5. The van der Waals surface area contributed by atoms with Crippen LogP contribution in [0.15, 0.2) is 18.2 Å². The third kappa shape index (κ3) is 2.73. The summed E-state index contributed by atoms with van der Waals surface area (Å²) in [5.74, 6) is 0.300. The highest BCUT2D eigenvalue weighted by atomic mass is 19.1. The first-order valence-electron chi connectivity index (χ1n) is 6.74. The Morgan fingerprint density at radius 2 is 2.28 bits per heavy atom. The monoisotopic (exact) mass is 251 g/mol. The Hall–Kier alpha value is -0.930. The summed E-state index contributed by atoms with van der Waals surface area (Å²) >= 11 is 0. The second kappa shape index (κ2) is 5.81. The fourth-order valence-electron chi connectivity index (χ4n) is 2.72. The smallest absolute Gasteiger partial charge is 0.126 e. The van der Waals surface area contributed by atoms with E-state index in [2.05, 4.69) is 19.2 Å². The lowest BCUT2D eigenvalue weighted by atomic mass is 9.88. The molecule has 0 aromatic heterocycles. The van der Waals surface area contributed by atoms with E-state index >= 15 is 0 Å². The molecule has 18 heavy (non-hydrogen) atoms. The molecule has 0 aliphatic carbocycles. The van der Waals surface area contributed by atoms with Gasteiger partial charge in [0.1, 0.15) is 5.82 Å². The molecule has 1 heterocycles. The minimum atomic E-state index is -0.123. The molecule has 3 unspecified atom stereocenters. The summed E-state index contributed by atoms with van der Waals surface area (Å²) in [5, 5.41) is 3.47. The van der Waals surface area contributed by atoms with Crippen molar-refractivity contribution in [2.24, 2.45) is 5.92 Å². The average Bonchev–Trinajstić information content (AvgIpc) is 2.76. The topological polar surface area (TPSA) is 21.3 Å². The molecule has 0 saturated carbocycles. The molecule has 1 N–H and O–H groups in total. The van der Waals surface area contributed by atoms with Gasteiger partial charge in [0.25, 0.3) is 0 Å². The van der Waals surface area contributed by atoms with Crippen molar-refractivity contribution in [1.82, 2.24) is 5.32 Å². The maximum atomic E-state index is 13.7. The van der Waals surface area contributed by atoms with E-state index in [1.165, 1.54) is 0 Å². The molecule has 0 bridgehead atoms. The van der Waals surface area contributed by atoms with Crippen molar-refractivity contribution in [2.45, 2.75) is 39.3 Å². The molecule has 2 rings (SSSR count). The van der Waals surface area contributed by atoms with E-state index in [-0.39, 0.29) is 18.0 Å². The van der Waals surface area contributed by atoms with Gasteiger partial charge in [-0.25, -0.2) is 4.39 Å². The number of nitrogens with one attached hydrogen (secondary N) is 1. The van der Waals surface area contributed by atoms with E-state index in [1.807, 2.05) is 12.1 Å². The number of hydrogen-bond donors (Lipinski definition) is 1. The summed E-state index contributed by atoms with van der Waals surface area (Å²) in [4.78, 5) is 0. The Bertz CT molecular complexity index is 407. The van der Waals surface area contributed by atoms with Crippen LogP contribution in [0.1, 0.15) is 37.4 Å². The van der Waals surface area contributed by atoms with Crippen LogP contribution in [-0.2, 0) is 4.74 Å². The Kier molecular flexibility index (Phi) is 4.36. The molecular weight excluding hydrogens is 229 g/mol. The summed E-state index contributed by atoms with van der Waals surface area (Å²) in [6.45, 7) is 7.67. The second-order valence-electron chi connectivity index (χ2n) is 5.07. The van der Waals surface area contributed by atoms with Crippen LogP contribution in [0, 0.1) is 18.7 Å². The number of hydrogen-bond acceptors (Lipinski definition) is 2. The number of ether oxygens (including phenoxy) is 1. The van der Waals surface area contributed by atoms with Crippen LogP contribution in [-0.4, -0.2) is 19.3 Å². The molecular formula is C15H22FNO. The van der Waals surface area contributed by atoms with Gasteiger partial charge in [-0.3, -0.25) is 0 Å². The Morgan fingerprint density at radius 3 is 2.83 bits per heavy atom. The van der Waals surface area contributed by atoms with Crippen molar-refractivity contribution < 1.29 is 9.13 Å². The number of rotatable bonds is 4. The first-order valence-corrected chi connectivity index (χ1v) is 6.74. The molecule has 2 nitrogen and oxygen atoms in total. The Balaban J connectivity index is 2.25. The van der Waals surface area contributed by atoms with Crippen molar-refractivity contribution in [3.8, 4) is 0 Å². The van der Waals surface area contributed by atoms with Gasteiger partial charge in [-0.05, 0) is 44.0 Å². The Morgan fingerprint density at radius 1 is 1.50 bits per heavy atom. The van der Waals surface area contributed by atoms with Crippen molar-refractivity contribution in [3.63, 3.8) is 0 Å². The number of benzene rings is 1. The summed E-state index contributed by atoms with van der Waals surface area (Å²) < 4.78 is 19.3. The maximum Gasteiger partial charge on any atom is 0.126 e. The van der Waals surface area contributed by atoms with Gasteiger partial charge >= 0.3 is 0 Å². The molecule has 3 heteroatoms. The van der Waals surface area contributed by atoms with Gasteiger partial charge in [0.15, 0.2) is 0 Å². The molecule has 1 aliphatic heterocycles. The van der Waals surface area contributed by atoms with Crippen molar-refractivity contribution in [3.05, 3.63) is 35.1 Å². The van der Waals surface area contributed by atoms with Crippen LogP contribution in [0.4, 0.5) is 4.39 Å². The van der Waals surface area contributed by atoms with Crippen molar-refractivity contribution in [1.29, 1.82) is 0 Å². The normalized spacial score (nSPS) is 25.3. The summed E-state index contributed by atoms with van der Waals surface area (Å²) in [6, 6.07) is 5.72. The molecule has 0 amide bonds. The second-order valence-corrected chi connectivity index (χ2v) is 5.07. The highest BCUT2D eigenvalue weighted by molar-refractivity contribution is 5.26. The third-order valence-electron chi connectivity index (χ3n) is 3.84. The van der Waals surface area contributed by atoms with E-state index in [9.17, 15) is 4.39 Å². The van der Waals surface area contributed by atoms with E-state index in [1.54, 1.807) is 13.0 Å². The minimum absolute atomic E-state index is 0.123. The van der Waals surface area contributed by atoms with E-state index in [4.69, 9.17) is 4.74 Å². The first-order chi connectivity index (χ1) is 8.63. The van der Waals surface area contributed by atoms with Crippen LogP contribution < -0.4 is 5.32 Å². The summed E-state index contributed by atoms with van der Waals surface area (Å²) in [7, 11) is 0. The number of halogens is 1. The van der Waals surface area contributed by atoms with Crippen molar-refractivity contribution >= 4 is 0 Å². The SMILES string of the molecule is CCNC(c1ccc(C)c(F)c1)C1CCOC1C. The maximum absolute atomic E-state index is 13.7. The highest BCUT2D eigenvalue weighted by Crippen LogP contribution is 2.33. The fraction of sp³-hybridized carbons (Fsp3) is 0.600. The molecule has 0 spiro atoms. The average molecular weight is 251 g/mol. The minimum Gasteiger partial charge on any atom is -0.378 e. The number of aryl methyl sites for hydroxylation is 1. The molecule has 1 aromatic carbocycles. The fourth-order valence-corrected chi connectivity index (χ4v) is 2.72. The summed E-state index contributed by atoms with van der Waals surface area (Å²) in [5.41, 5.74) is 1.73. The highest BCUT2D eigenvalue weighted by Gasteiger charge is 2.32. The van der Waals surface area contributed by atoms with E-state index in [0.29, 0.717) is 11.5 Å². The quantitative estimate of drug-likeness (QED) is 0.887. The van der Waals surface area contributed by atoms with Crippen LogP contribution in [0.25, 0.3) is 0 Å². The predicted molar refractivity (Wildman–Crippen MR) is 71.1 cm³/mol. The van der Waals surface area contributed by atoms with Crippen LogP contribution in [0.2, 0.25) is 0 Å². The van der Waals surface area contributed by atoms with Crippen LogP contribution in [0.3, 0.4) is 0 Å². The lowest BCUT2D eigenvalue weighted by Gasteiger charge is -2.27. The van der Waals surface area contributed by atoms with Gasteiger partial charge < -0.3 is 10.1 Å². The van der Waals surface area contributed by atoms with Crippen LogP contribution in [0.5, 0.6) is 0 Å². The molecule has 1 aliphatic rings. The largest absolute Gasteiger partial charge is 0.378 e. The van der Waals surface area contributed by atoms with Crippen LogP contribution >= 0.6 is 0 Å². The molecule has 1 fully saturated rings. The zero-order valence-electron chi connectivity index (χ0n) is 11.4. The van der Waals surface area contributed by atoms with E-state index < -0.39 is 0 Å². The van der Waals surface area contributed by atoms with Gasteiger partial charge in [0.2, 0.25) is 0 Å². The third-order valence-corrected chi connectivity index (χ3v) is 3.84. The molecule has 0 radical (unpaired) electrons. The van der Waals surface area contributed by atoms with Gasteiger partial charge in [0, 0.05) is 18.6 Å². The molecule has 100 valence electrons. The lowest BCUT2D eigenvalue weighted by Crippen LogP contribution is -2.31. The van der Waals surface area contributed by atoms with Gasteiger partial charge in [-0.15, -0.1) is 0 Å². The lowest BCUT2D eigenvalue weighted by molar-refractivity contribution is 0.0955. The van der Waals surface area contributed by atoms with E-state index in [0.717, 1.165) is 25.1 Å². The Labute approximate surface area is 109 Å². The standard InChI is InChI=1S/C15H22FNO/c1-4-17-15(13-7-8-18-11(13)3)12-6-5-10(2)14(16)9-12/h5-6,9,11,13,15,17H,4,7-8H2,1-3H3. The molecule has 1 saturated heterocycles. The zero-order valence-corrected chi connectivity index (χ0v) is 11.4. The van der Waals surface area contributed by atoms with Gasteiger partial charge in [-0.2, -0.15) is 0 Å². The predicted octanol–water partition coefficient (Wildman–Crippen LogP) is 3.21.